The van der Waals surface area contributed by atoms with E-state index in [1.807, 2.05) is 107 Å². The van der Waals surface area contributed by atoms with Crippen LogP contribution in [0.1, 0.15) is 49.9 Å². The van der Waals surface area contributed by atoms with Crippen LogP contribution in [0, 0.1) is 6.92 Å². The Bertz CT molecular complexity index is 1170. The molecule has 0 saturated heterocycles. The van der Waals surface area contributed by atoms with Gasteiger partial charge >= 0.3 is 0 Å². The largest absolute Gasteiger partial charge is 0.402 e. The van der Waals surface area contributed by atoms with Crippen molar-refractivity contribution < 1.29 is 4.79 Å². The zero-order valence-electron chi connectivity index (χ0n) is 24.7. The molecule has 0 saturated carbocycles. The Balaban J connectivity index is 0.000000617. The summed E-state index contributed by atoms with van der Waals surface area (Å²) in [6, 6.07) is 38.7. The lowest BCUT2D eigenvalue weighted by Crippen LogP contribution is -2.29. The lowest BCUT2D eigenvalue weighted by Gasteiger charge is -2.21. The minimum atomic E-state index is 0.0199. The summed E-state index contributed by atoms with van der Waals surface area (Å²) in [7, 11) is 0. The van der Waals surface area contributed by atoms with Crippen LogP contribution in [0.2, 0.25) is 0 Å². The predicted molar refractivity (Wildman–Crippen MR) is 176 cm³/mol. The summed E-state index contributed by atoms with van der Waals surface area (Å²) in [5.74, 6) is 0.0199. The van der Waals surface area contributed by atoms with Gasteiger partial charge in [0, 0.05) is 35.8 Å². The third kappa shape index (κ3) is 15.2. The van der Waals surface area contributed by atoms with Gasteiger partial charge in [-0.3, -0.25) is 9.69 Å². The highest BCUT2D eigenvalue weighted by Gasteiger charge is 2.11. The second kappa shape index (κ2) is 21.4. The van der Waals surface area contributed by atoms with Gasteiger partial charge in [-0.2, -0.15) is 0 Å². The first-order chi connectivity index (χ1) is 19.5. The lowest BCUT2D eigenvalue weighted by atomic mass is 10.1. The molecule has 0 atom stereocenters. The Morgan fingerprint density at radius 3 is 1.50 bits per heavy atom. The van der Waals surface area contributed by atoms with Gasteiger partial charge < -0.3 is 5.73 Å². The summed E-state index contributed by atoms with van der Waals surface area (Å²) < 4.78 is 1.03. The Kier molecular flexibility index (Phi) is 18.5. The molecule has 4 aromatic rings. The van der Waals surface area contributed by atoms with Crippen LogP contribution < -0.4 is 5.73 Å². The number of nitrogens with two attached hydrogens (primary N) is 1. The highest BCUT2D eigenvalue weighted by Crippen LogP contribution is 2.13. The van der Waals surface area contributed by atoms with Gasteiger partial charge in [-0.05, 0) is 35.7 Å². The monoisotopic (exact) mass is 600 g/mol. The Morgan fingerprint density at radius 2 is 1.10 bits per heavy atom. The van der Waals surface area contributed by atoms with Gasteiger partial charge in [0.1, 0.15) is 0 Å². The zero-order valence-corrected chi connectivity index (χ0v) is 26.3. The molecule has 0 aliphatic heterocycles. The number of benzene rings is 4. The third-order valence-electron chi connectivity index (χ3n) is 5.49. The van der Waals surface area contributed by atoms with Crippen molar-refractivity contribution >= 4 is 21.7 Å². The molecule has 0 aliphatic carbocycles. The van der Waals surface area contributed by atoms with Gasteiger partial charge in [0.15, 0.2) is 5.78 Å². The molecule has 0 unspecified atom stereocenters. The van der Waals surface area contributed by atoms with Crippen LogP contribution in [0.5, 0.6) is 0 Å². The van der Waals surface area contributed by atoms with Gasteiger partial charge in [-0.25, -0.2) is 0 Å². The molecule has 0 aromatic heterocycles. The molecule has 0 radical (unpaired) electrons. The van der Waals surface area contributed by atoms with E-state index in [1.54, 1.807) is 6.08 Å². The van der Waals surface area contributed by atoms with Crippen LogP contribution >= 0.6 is 15.9 Å². The van der Waals surface area contributed by atoms with Crippen molar-refractivity contribution in [1.29, 1.82) is 0 Å². The maximum absolute atomic E-state index is 12.7. The molecular weight excluding hydrogens is 556 g/mol. The quantitative estimate of drug-likeness (QED) is 0.195. The molecule has 3 nitrogen and oxygen atoms in total. The molecular formula is C36H45BrN2O. The standard InChI is InChI=1S/C25H25BrN2O.C7H8.2C2H6/c26-23-13-11-20(12-14-23)15-24(27)16-25(29)19-28(17-21-7-3-1-4-8-21)18-22-9-5-2-6-10-22;1-7-5-3-2-4-6-7;2*1-2/h1-14,16H,15,17-19,27H2;2-6H,1H3;2*1-2H3/b24-16-;;;. The molecule has 40 heavy (non-hydrogen) atoms. The van der Waals surface area contributed by atoms with Gasteiger partial charge in [0.05, 0.1) is 6.54 Å². The summed E-state index contributed by atoms with van der Waals surface area (Å²) in [5.41, 5.74) is 11.5. The van der Waals surface area contributed by atoms with E-state index in [1.165, 1.54) is 16.7 Å². The van der Waals surface area contributed by atoms with Gasteiger partial charge in [-0.1, -0.05) is 152 Å². The lowest BCUT2D eigenvalue weighted by molar-refractivity contribution is -0.116. The molecule has 0 spiro atoms. The number of ketones is 1. The van der Waals surface area contributed by atoms with Gasteiger partial charge in [0.25, 0.3) is 0 Å². The maximum Gasteiger partial charge on any atom is 0.171 e. The zero-order chi connectivity index (χ0) is 29.6. The molecule has 4 heteroatoms. The SMILES string of the molecule is CC.CC.Cc1ccccc1.N/C(=C\C(=O)CN(Cc1ccccc1)Cc1ccccc1)Cc1ccc(Br)cc1. The normalized spacial score (nSPS) is 10.2. The van der Waals surface area contributed by atoms with Crippen molar-refractivity contribution in [2.45, 2.75) is 54.1 Å². The van der Waals surface area contributed by atoms with Crippen LogP contribution in [0.25, 0.3) is 0 Å². The fraction of sp³-hybridized carbons (Fsp3) is 0.250. The van der Waals surface area contributed by atoms with Crippen LogP contribution in [0.4, 0.5) is 0 Å². The van der Waals surface area contributed by atoms with E-state index in [0.717, 1.165) is 10.0 Å². The number of carbonyl (C=O) groups excluding carboxylic acids is 1. The van der Waals surface area contributed by atoms with E-state index >= 15 is 0 Å². The highest BCUT2D eigenvalue weighted by molar-refractivity contribution is 9.10. The molecule has 0 aliphatic rings. The topological polar surface area (TPSA) is 46.3 Å². The Labute approximate surface area is 250 Å². The number of allylic oxidation sites excluding steroid dienone is 1. The molecule has 212 valence electrons. The summed E-state index contributed by atoms with van der Waals surface area (Å²) in [6.07, 6.45) is 2.14. The van der Waals surface area contributed by atoms with E-state index < -0.39 is 0 Å². The maximum atomic E-state index is 12.7. The first kappa shape index (κ1) is 34.6. The minimum Gasteiger partial charge on any atom is -0.402 e. The number of hydrogen-bond donors (Lipinski definition) is 1. The number of halogens is 1. The molecule has 2 N–H and O–H groups in total. The van der Waals surface area contributed by atoms with E-state index in [9.17, 15) is 4.79 Å². The molecule has 0 fully saturated rings. The van der Waals surface area contributed by atoms with E-state index in [2.05, 4.69) is 64.2 Å². The smallest absolute Gasteiger partial charge is 0.171 e. The summed E-state index contributed by atoms with van der Waals surface area (Å²) >= 11 is 3.43. The number of rotatable bonds is 9. The van der Waals surface area contributed by atoms with Crippen molar-refractivity contribution in [3.8, 4) is 0 Å². The summed E-state index contributed by atoms with van der Waals surface area (Å²) in [6.45, 7) is 11.8. The average molecular weight is 602 g/mol. The number of aryl methyl sites for hydroxylation is 1. The van der Waals surface area contributed by atoms with E-state index in [-0.39, 0.29) is 5.78 Å². The van der Waals surface area contributed by atoms with Crippen LogP contribution in [0.15, 0.2) is 132 Å². The van der Waals surface area contributed by atoms with Crippen molar-refractivity contribution in [3.05, 3.63) is 154 Å². The first-order valence-corrected chi connectivity index (χ1v) is 14.8. The van der Waals surface area contributed by atoms with Crippen molar-refractivity contribution in [2.75, 3.05) is 6.54 Å². The molecule has 4 rings (SSSR count). The average Bonchev–Trinajstić information content (AvgIpc) is 2.98. The summed E-state index contributed by atoms with van der Waals surface area (Å²) in [4.78, 5) is 14.8. The van der Waals surface area contributed by atoms with Gasteiger partial charge in [-0.15, -0.1) is 0 Å². The molecule has 0 amide bonds. The minimum absolute atomic E-state index is 0.0199. The van der Waals surface area contributed by atoms with E-state index in [4.69, 9.17) is 5.73 Å². The second-order valence-corrected chi connectivity index (χ2v) is 9.68. The van der Waals surface area contributed by atoms with Gasteiger partial charge in [0.2, 0.25) is 0 Å². The Morgan fingerprint density at radius 1 is 0.675 bits per heavy atom. The van der Waals surface area contributed by atoms with Crippen molar-refractivity contribution in [2.24, 2.45) is 5.73 Å². The number of carbonyl (C=O) groups is 1. The highest BCUT2D eigenvalue weighted by atomic mass is 79.9. The first-order valence-electron chi connectivity index (χ1n) is 14.0. The van der Waals surface area contributed by atoms with Crippen molar-refractivity contribution in [3.63, 3.8) is 0 Å². The molecule has 0 bridgehead atoms. The molecule has 4 aromatic carbocycles. The van der Waals surface area contributed by atoms with E-state index in [0.29, 0.717) is 31.8 Å². The molecule has 0 heterocycles. The fourth-order valence-electron chi connectivity index (χ4n) is 3.75. The number of hydrogen-bond acceptors (Lipinski definition) is 3. The second-order valence-electron chi connectivity index (χ2n) is 8.76. The fourth-order valence-corrected chi connectivity index (χ4v) is 4.01. The number of nitrogens with zero attached hydrogens (tertiary/aromatic N) is 1. The van der Waals surface area contributed by atoms with Crippen LogP contribution in [0.3, 0.4) is 0 Å². The summed E-state index contributed by atoms with van der Waals surface area (Å²) in [5, 5.41) is 0. The predicted octanol–water partition coefficient (Wildman–Crippen LogP) is 9.15. The van der Waals surface area contributed by atoms with Crippen LogP contribution in [-0.4, -0.2) is 17.2 Å². The third-order valence-corrected chi connectivity index (χ3v) is 6.01. The Hall–Kier alpha value is -3.47. The van der Waals surface area contributed by atoms with Crippen LogP contribution in [-0.2, 0) is 24.3 Å². The van der Waals surface area contributed by atoms with Crippen molar-refractivity contribution in [1.82, 2.24) is 4.90 Å².